The maximum Gasteiger partial charge on any atom is 0.337 e. The number of carboxylic acids is 1. The molecule has 0 fully saturated rings. The molecule has 0 unspecified atom stereocenters. The summed E-state index contributed by atoms with van der Waals surface area (Å²) in [4.78, 5) is 11.5. The van der Waals surface area contributed by atoms with Crippen molar-refractivity contribution in [2.75, 3.05) is 39.2 Å². The number of hydrogen-bond donors (Lipinski definition) is 3. The second-order valence-electron chi connectivity index (χ2n) is 5.93. The molecule has 0 aliphatic carbocycles. The third-order valence-corrected chi connectivity index (χ3v) is 5.48. The van der Waals surface area contributed by atoms with E-state index in [9.17, 15) is 18.3 Å². The standard InChI is InChI=1S/C19H24N2O6S/c1-26-12-11-21-28(24,25)16-7-8-18(17(13-16)19(22)23)20-10-9-14-3-5-15(27-2)6-4-14/h3-8,13,20-21H,9-12H2,1-2H3,(H,22,23). The van der Waals surface area contributed by atoms with Crippen molar-refractivity contribution in [1.82, 2.24) is 4.72 Å². The number of carboxylic acid groups (broad SMARTS) is 1. The van der Waals surface area contributed by atoms with Crippen LogP contribution in [-0.4, -0.2) is 53.4 Å². The molecule has 0 bridgehead atoms. The SMILES string of the molecule is COCCNS(=O)(=O)c1ccc(NCCc2ccc(OC)cc2)c(C(=O)O)c1. The number of hydrogen-bond acceptors (Lipinski definition) is 6. The van der Waals surface area contributed by atoms with Crippen LogP contribution in [0.1, 0.15) is 15.9 Å². The van der Waals surface area contributed by atoms with Crippen LogP contribution < -0.4 is 14.8 Å². The number of anilines is 1. The van der Waals surface area contributed by atoms with Crippen molar-refractivity contribution in [1.29, 1.82) is 0 Å². The zero-order valence-electron chi connectivity index (χ0n) is 15.8. The van der Waals surface area contributed by atoms with Crippen molar-refractivity contribution in [3.8, 4) is 5.75 Å². The van der Waals surface area contributed by atoms with E-state index in [1.54, 1.807) is 7.11 Å². The van der Waals surface area contributed by atoms with Crippen molar-refractivity contribution < 1.29 is 27.8 Å². The Morgan fingerprint density at radius 3 is 2.39 bits per heavy atom. The van der Waals surface area contributed by atoms with E-state index in [4.69, 9.17) is 9.47 Å². The molecule has 0 atom stereocenters. The zero-order chi connectivity index (χ0) is 20.6. The van der Waals surface area contributed by atoms with E-state index in [0.717, 1.165) is 17.4 Å². The van der Waals surface area contributed by atoms with E-state index < -0.39 is 16.0 Å². The summed E-state index contributed by atoms with van der Waals surface area (Å²) in [5.74, 6) is -0.443. The number of aromatic carboxylic acids is 1. The average Bonchev–Trinajstić information content (AvgIpc) is 2.68. The third-order valence-electron chi connectivity index (χ3n) is 4.02. The van der Waals surface area contributed by atoms with Crippen LogP contribution in [-0.2, 0) is 21.2 Å². The number of carbonyl (C=O) groups is 1. The maximum absolute atomic E-state index is 12.3. The topological polar surface area (TPSA) is 114 Å². The van der Waals surface area contributed by atoms with E-state index in [0.29, 0.717) is 18.7 Å². The lowest BCUT2D eigenvalue weighted by atomic mass is 10.1. The molecule has 9 heteroatoms. The fourth-order valence-corrected chi connectivity index (χ4v) is 3.56. The van der Waals surface area contributed by atoms with Crippen LogP contribution in [0.25, 0.3) is 0 Å². The van der Waals surface area contributed by atoms with Crippen LogP contribution in [0.2, 0.25) is 0 Å². The highest BCUT2D eigenvalue weighted by Crippen LogP contribution is 2.21. The summed E-state index contributed by atoms with van der Waals surface area (Å²) in [7, 11) is -0.749. The molecule has 0 spiro atoms. The molecular formula is C19H24N2O6S. The van der Waals surface area contributed by atoms with E-state index in [-0.39, 0.29) is 23.6 Å². The van der Waals surface area contributed by atoms with E-state index in [1.807, 2.05) is 24.3 Å². The highest BCUT2D eigenvalue weighted by atomic mass is 32.2. The Morgan fingerprint density at radius 1 is 1.07 bits per heavy atom. The van der Waals surface area contributed by atoms with Crippen molar-refractivity contribution in [2.45, 2.75) is 11.3 Å². The normalized spacial score (nSPS) is 11.2. The zero-order valence-corrected chi connectivity index (χ0v) is 16.6. The molecule has 0 heterocycles. The van der Waals surface area contributed by atoms with Gasteiger partial charge in [0.2, 0.25) is 10.0 Å². The first-order valence-electron chi connectivity index (χ1n) is 8.60. The summed E-state index contributed by atoms with van der Waals surface area (Å²) >= 11 is 0. The van der Waals surface area contributed by atoms with Crippen LogP contribution in [0.4, 0.5) is 5.69 Å². The molecule has 8 nitrogen and oxygen atoms in total. The Hall–Kier alpha value is -2.62. The Morgan fingerprint density at radius 2 is 1.79 bits per heavy atom. The molecule has 0 saturated carbocycles. The molecule has 0 amide bonds. The van der Waals surface area contributed by atoms with E-state index in [1.165, 1.54) is 19.2 Å². The molecule has 152 valence electrons. The summed E-state index contributed by atoms with van der Waals surface area (Å²) in [5, 5.41) is 12.5. The second kappa shape index (κ2) is 10.1. The minimum absolute atomic E-state index is 0.100. The largest absolute Gasteiger partial charge is 0.497 e. The van der Waals surface area contributed by atoms with E-state index in [2.05, 4.69) is 10.0 Å². The Kier molecular flexibility index (Phi) is 7.80. The van der Waals surface area contributed by atoms with Crippen LogP contribution in [0, 0.1) is 0 Å². The fraction of sp³-hybridized carbons (Fsp3) is 0.316. The van der Waals surface area contributed by atoms with Crippen LogP contribution in [0.5, 0.6) is 5.75 Å². The summed E-state index contributed by atoms with van der Waals surface area (Å²) in [6.07, 6.45) is 0.668. The number of nitrogens with one attached hydrogen (secondary N) is 2. The third kappa shape index (κ3) is 5.95. The van der Waals surface area contributed by atoms with E-state index >= 15 is 0 Å². The Labute approximate surface area is 164 Å². The molecule has 0 aliphatic heterocycles. The van der Waals surface area contributed by atoms with Gasteiger partial charge in [0.05, 0.1) is 24.2 Å². The number of benzene rings is 2. The van der Waals surface area contributed by atoms with Gasteiger partial charge in [0.1, 0.15) is 5.75 Å². The number of sulfonamides is 1. The molecule has 0 saturated heterocycles. The predicted molar refractivity (Wildman–Crippen MR) is 106 cm³/mol. The van der Waals surface area contributed by atoms with Gasteiger partial charge in [-0.05, 0) is 42.3 Å². The molecular weight excluding hydrogens is 384 g/mol. The van der Waals surface area contributed by atoms with Gasteiger partial charge in [-0.25, -0.2) is 17.9 Å². The van der Waals surface area contributed by atoms with Crippen molar-refractivity contribution in [3.63, 3.8) is 0 Å². The predicted octanol–water partition coefficient (Wildman–Crippen LogP) is 1.97. The molecule has 2 rings (SSSR count). The summed E-state index contributed by atoms with van der Waals surface area (Å²) in [6, 6.07) is 11.6. The summed E-state index contributed by atoms with van der Waals surface area (Å²) in [6.45, 7) is 0.809. The smallest absolute Gasteiger partial charge is 0.337 e. The highest BCUT2D eigenvalue weighted by molar-refractivity contribution is 7.89. The average molecular weight is 408 g/mol. The highest BCUT2D eigenvalue weighted by Gasteiger charge is 2.18. The Balaban J connectivity index is 2.08. The lowest BCUT2D eigenvalue weighted by Crippen LogP contribution is -2.27. The molecule has 0 radical (unpaired) electrons. The number of methoxy groups -OCH3 is 2. The van der Waals surface area contributed by atoms with Gasteiger partial charge >= 0.3 is 5.97 Å². The molecule has 0 aliphatic rings. The number of ether oxygens (including phenoxy) is 2. The molecule has 3 N–H and O–H groups in total. The molecule has 2 aromatic rings. The first kappa shape index (κ1) is 21.7. The van der Waals surface area contributed by atoms with Gasteiger partial charge in [-0.2, -0.15) is 0 Å². The molecule has 28 heavy (non-hydrogen) atoms. The first-order valence-corrected chi connectivity index (χ1v) is 10.1. The quantitative estimate of drug-likeness (QED) is 0.487. The maximum atomic E-state index is 12.3. The lowest BCUT2D eigenvalue weighted by Gasteiger charge is -2.12. The lowest BCUT2D eigenvalue weighted by molar-refractivity contribution is 0.0697. The van der Waals surface area contributed by atoms with Crippen molar-refractivity contribution in [2.24, 2.45) is 0 Å². The van der Waals surface area contributed by atoms with Gasteiger partial charge in [-0.1, -0.05) is 12.1 Å². The summed E-state index contributed by atoms with van der Waals surface area (Å²) < 4.78 is 36.8. The van der Waals surface area contributed by atoms with Gasteiger partial charge < -0.3 is 19.9 Å². The number of rotatable bonds is 11. The minimum atomic E-state index is -3.81. The van der Waals surface area contributed by atoms with Crippen molar-refractivity contribution >= 4 is 21.7 Å². The monoisotopic (exact) mass is 408 g/mol. The van der Waals surface area contributed by atoms with Gasteiger partial charge in [0, 0.05) is 25.9 Å². The van der Waals surface area contributed by atoms with Crippen LogP contribution in [0.3, 0.4) is 0 Å². The van der Waals surface area contributed by atoms with Crippen LogP contribution >= 0.6 is 0 Å². The van der Waals surface area contributed by atoms with Gasteiger partial charge in [-0.3, -0.25) is 0 Å². The summed E-state index contributed by atoms with van der Waals surface area (Å²) in [5.41, 5.74) is 1.31. The van der Waals surface area contributed by atoms with Gasteiger partial charge in [0.15, 0.2) is 0 Å². The Bertz CT molecular complexity index is 897. The van der Waals surface area contributed by atoms with Crippen LogP contribution in [0.15, 0.2) is 47.4 Å². The van der Waals surface area contributed by atoms with Gasteiger partial charge in [0.25, 0.3) is 0 Å². The first-order chi connectivity index (χ1) is 13.4. The molecule has 2 aromatic carbocycles. The van der Waals surface area contributed by atoms with Crippen molar-refractivity contribution in [3.05, 3.63) is 53.6 Å². The minimum Gasteiger partial charge on any atom is -0.497 e. The fourth-order valence-electron chi connectivity index (χ4n) is 2.52. The molecule has 0 aromatic heterocycles. The second-order valence-corrected chi connectivity index (χ2v) is 7.69. The van der Waals surface area contributed by atoms with Gasteiger partial charge in [-0.15, -0.1) is 0 Å².